The predicted octanol–water partition coefficient (Wildman–Crippen LogP) is 8.85. The van der Waals surface area contributed by atoms with Gasteiger partial charge in [0.1, 0.15) is 0 Å². The largest absolute Gasteiger partial charge is 0.372 e. The number of anilines is 2. The van der Waals surface area contributed by atoms with E-state index in [1.54, 1.807) is 0 Å². The highest BCUT2D eigenvalue weighted by molar-refractivity contribution is 7.98. The van der Waals surface area contributed by atoms with E-state index in [2.05, 4.69) is 141 Å². The summed E-state index contributed by atoms with van der Waals surface area (Å²) in [6.45, 7) is 13.0. The van der Waals surface area contributed by atoms with E-state index in [4.69, 9.17) is 0 Å². The lowest BCUT2D eigenvalue weighted by Gasteiger charge is -2.25. The Balaban J connectivity index is 1.63. The van der Waals surface area contributed by atoms with E-state index in [-0.39, 0.29) is 5.92 Å². The van der Waals surface area contributed by atoms with Gasteiger partial charge < -0.3 is 9.80 Å². The van der Waals surface area contributed by atoms with Crippen LogP contribution in [0.5, 0.6) is 0 Å². The summed E-state index contributed by atoms with van der Waals surface area (Å²) in [6.07, 6.45) is 0. The van der Waals surface area contributed by atoms with E-state index in [1.165, 1.54) is 38.5 Å². The average molecular weight is 509 g/mol. The third-order valence-electron chi connectivity index (χ3n) is 7.17. The molecule has 4 rings (SSSR count). The molecule has 0 bridgehead atoms. The van der Waals surface area contributed by atoms with Crippen molar-refractivity contribution >= 4 is 23.1 Å². The third-order valence-corrected chi connectivity index (χ3v) is 8.25. The Labute approximate surface area is 228 Å². The Morgan fingerprint density at radius 3 is 1.32 bits per heavy atom. The van der Waals surface area contributed by atoms with Gasteiger partial charge in [0.15, 0.2) is 0 Å². The maximum Gasteiger partial charge on any atom is 0.0366 e. The first-order valence-electron chi connectivity index (χ1n) is 13.6. The van der Waals surface area contributed by atoms with Gasteiger partial charge in [0, 0.05) is 54.1 Å². The zero-order valence-electron chi connectivity index (χ0n) is 22.7. The van der Waals surface area contributed by atoms with Gasteiger partial charge in [-0.1, -0.05) is 66.7 Å². The van der Waals surface area contributed by atoms with Gasteiger partial charge in [0.2, 0.25) is 0 Å². The maximum absolute atomic E-state index is 2.40. The highest BCUT2D eigenvalue weighted by Gasteiger charge is 2.18. The molecule has 0 radical (unpaired) electrons. The Bertz CT molecular complexity index is 1140. The van der Waals surface area contributed by atoms with Gasteiger partial charge in [-0.15, -0.1) is 11.8 Å². The molecule has 0 aliphatic heterocycles. The molecule has 0 aliphatic rings. The van der Waals surface area contributed by atoms with E-state index in [9.17, 15) is 0 Å². The van der Waals surface area contributed by atoms with Crippen molar-refractivity contribution in [2.75, 3.05) is 36.0 Å². The smallest absolute Gasteiger partial charge is 0.0366 e. The van der Waals surface area contributed by atoms with Crippen molar-refractivity contribution in [1.82, 2.24) is 0 Å². The number of nitrogens with zero attached hydrogens (tertiary/aromatic N) is 2. The molecular formula is C34H40N2S. The second-order valence-electron chi connectivity index (χ2n) is 9.30. The van der Waals surface area contributed by atoms with Crippen LogP contribution in [0, 0.1) is 0 Å². The van der Waals surface area contributed by atoms with Gasteiger partial charge in [0.25, 0.3) is 0 Å². The van der Waals surface area contributed by atoms with E-state index in [1.807, 2.05) is 11.8 Å². The van der Waals surface area contributed by atoms with Crippen molar-refractivity contribution < 1.29 is 0 Å². The van der Waals surface area contributed by atoms with Crippen LogP contribution in [0.2, 0.25) is 0 Å². The normalized spacial score (nSPS) is 11.1. The summed E-state index contributed by atoms with van der Waals surface area (Å²) in [4.78, 5) is 6.10. The van der Waals surface area contributed by atoms with Gasteiger partial charge in [-0.3, -0.25) is 0 Å². The fourth-order valence-corrected chi connectivity index (χ4v) is 5.86. The molecule has 0 aromatic heterocycles. The lowest BCUT2D eigenvalue weighted by atomic mass is 9.85. The Morgan fingerprint density at radius 2 is 0.919 bits per heavy atom. The first kappa shape index (κ1) is 26.9. The topological polar surface area (TPSA) is 6.48 Å². The van der Waals surface area contributed by atoms with Gasteiger partial charge >= 0.3 is 0 Å². The first-order valence-corrected chi connectivity index (χ1v) is 14.6. The Morgan fingerprint density at radius 1 is 0.514 bits per heavy atom. The van der Waals surface area contributed by atoms with Crippen LogP contribution in [0.15, 0.2) is 108 Å². The van der Waals surface area contributed by atoms with Crippen LogP contribution >= 0.6 is 11.8 Å². The highest BCUT2D eigenvalue weighted by Crippen LogP contribution is 2.35. The predicted molar refractivity (Wildman–Crippen MR) is 163 cm³/mol. The molecule has 37 heavy (non-hydrogen) atoms. The van der Waals surface area contributed by atoms with Crippen LogP contribution < -0.4 is 9.80 Å². The fraction of sp³-hybridized carbons (Fsp3) is 0.294. The lowest BCUT2D eigenvalue weighted by molar-refractivity contribution is 0.862. The molecular weight excluding hydrogens is 468 g/mol. The Kier molecular flexibility index (Phi) is 9.73. The zero-order valence-corrected chi connectivity index (χ0v) is 23.5. The molecule has 3 heteroatoms. The zero-order chi connectivity index (χ0) is 26.0. The molecule has 0 amide bonds. The maximum atomic E-state index is 2.40. The van der Waals surface area contributed by atoms with E-state index >= 15 is 0 Å². The molecule has 0 fully saturated rings. The third kappa shape index (κ3) is 6.78. The number of hydrogen-bond donors (Lipinski definition) is 0. The summed E-state index contributed by atoms with van der Waals surface area (Å²) in [7, 11) is 0. The summed E-state index contributed by atoms with van der Waals surface area (Å²) in [5.74, 6) is 1.19. The minimum Gasteiger partial charge on any atom is -0.372 e. The molecule has 2 nitrogen and oxygen atoms in total. The quantitative estimate of drug-likeness (QED) is 0.139. The molecule has 0 saturated heterocycles. The second-order valence-corrected chi connectivity index (χ2v) is 10.4. The molecule has 0 aliphatic carbocycles. The van der Waals surface area contributed by atoms with Crippen molar-refractivity contribution in [3.63, 3.8) is 0 Å². The monoisotopic (exact) mass is 508 g/mol. The fourth-order valence-electron chi connectivity index (χ4n) is 5.01. The molecule has 0 spiro atoms. The second kappa shape index (κ2) is 13.4. The molecule has 0 saturated carbocycles. The minimum atomic E-state index is 0.199. The van der Waals surface area contributed by atoms with Crippen LogP contribution in [0.3, 0.4) is 0 Å². The van der Waals surface area contributed by atoms with Crippen LogP contribution in [-0.2, 0) is 5.75 Å². The first-order chi connectivity index (χ1) is 18.2. The molecule has 0 heterocycles. The molecule has 0 atom stereocenters. The van der Waals surface area contributed by atoms with Crippen LogP contribution in [0.1, 0.15) is 55.9 Å². The van der Waals surface area contributed by atoms with E-state index in [0.717, 1.165) is 31.9 Å². The van der Waals surface area contributed by atoms with Crippen molar-refractivity contribution in [1.29, 1.82) is 0 Å². The van der Waals surface area contributed by atoms with Gasteiger partial charge in [-0.25, -0.2) is 0 Å². The number of thioether (sulfide) groups is 1. The highest BCUT2D eigenvalue weighted by atomic mass is 32.2. The van der Waals surface area contributed by atoms with Crippen molar-refractivity contribution in [2.24, 2.45) is 0 Å². The lowest BCUT2D eigenvalue weighted by Crippen LogP contribution is -2.21. The number of rotatable bonds is 12. The summed E-state index contributed by atoms with van der Waals surface area (Å²) >= 11 is 1.89. The average Bonchev–Trinajstić information content (AvgIpc) is 2.96. The molecule has 0 unspecified atom stereocenters. The standard InChI is InChI=1S/C34H40N2S/c1-5-35(6-2)31-20-14-28(15-21-31)34(29-16-22-32(23-17-29)36(7-3)8-4)30-18-24-33(25-19-30)37-26-27-12-10-9-11-13-27/h9-25,34H,5-8,26H2,1-4H3. The molecule has 192 valence electrons. The van der Waals surface area contributed by atoms with Crippen LogP contribution in [-0.4, -0.2) is 26.2 Å². The van der Waals surface area contributed by atoms with Crippen LogP contribution in [0.25, 0.3) is 0 Å². The summed E-state index contributed by atoms with van der Waals surface area (Å²) in [5.41, 5.74) is 7.92. The van der Waals surface area contributed by atoms with Crippen molar-refractivity contribution in [3.05, 3.63) is 125 Å². The van der Waals surface area contributed by atoms with Crippen molar-refractivity contribution in [2.45, 2.75) is 44.3 Å². The summed E-state index contributed by atoms with van der Waals surface area (Å²) in [6, 6.07) is 38.3. The van der Waals surface area contributed by atoms with Gasteiger partial charge in [-0.05, 0) is 86.3 Å². The van der Waals surface area contributed by atoms with Crippen LogP contribution in [0.4, 0.5) is 11.4 Å². The Hall–Kier alpha value is -3.17. The molecule has 4 aromatic rings. The number of benzene rings is 4. The minimum absolute atomic E-state index is 0.199. The van der Waals surface area contributed by atoms with Crippen molar-refractivity contribution in [3.8, 4) is 0 Å². The SMILES string of the molecule is CCN(CC)c1ccc(C(c2ccc(SCc3ccccc3)cc2)c2ccc(N(CC)CC)cc2)cc1. The van der Waals surface area contributed by atoms with E-state index in [0.29, 0.717) is 0 Å². The number of hydrogen-bond acceptors (Lipinski definition) is 3. The molecule has 0 N–H and O–H groups in total. The summed E-state index contributed by atoms with van der Waals surface area (Å²) in [5, 5.41) is 0. The summed E-state index contributed by atoms with van der Waals surface area (Å²) < 4.78 is 0. The molecule has 4 aromatic carbocycles. The van der Waals surface area contributed by atoms with Gasteiger partial charge in [0.05, 0.1) is 0 Å². The van der Waals surface area contributed by atoms with Gasteiger partial charge in [-0.2, -0.15) is 0 Å². The van der Waals surface area contributed by atoms with E-state index < -0.39 is 0 Å².